The number of hydrogen-bond acceptors (Lipinski definition) is 4. The number of amides is 1. The van der Waals surface area contributed by atoms with Gasteiger partial charge in [-0.1, -0.05) is 19.2 Å². The fraction of sp³-hybridized carbons (Fsp3) is 0.588. The molecule has 1 aliphatic heterocycles. The maximum atomic E-state index is 12.8. The van der Waals surface area contributed by atoms with Gasteiger partial charge in [0.1, 0.15) is 10.2 Å². The Morgan fingerprint density at radius 2 is 2.04 bits per heavy atom. The number of aromatic nitrogens is 1. The summed E-state index contributed by atoms with van der Waals surface area (Å²) in [5.74, 6) is 0.0320. The number of halogens is 1. The molecule has 0 unspecified atom stereocenters. The van der Waals surface area contributed by atoms with Crippen LogP contribution in [0, 0.1) is 0 Å². The first-order valence-electron chi connectivity index (χ1n) is 8.11. The third-order valence-electron chi connectivity index (χ3n) is 3.85. The highest BCUT2D eigenvalue weighted by molar-refractivity contribution is 9.10. The van der Waals surface area contributed by atoms with Gasteiger partial charge in [0, 0.05) is 11.9 Å². The summed E-state index contributed by atoms with van der Waals surface area (Å²) in [5, 5.41) is 0. The van der Waals surface area contributed by atoms with Gasteiger partial charge < -0.3 is 9.64 Å². The van der Waals surface area contributed by atoms with Gasteiger partial charge >= 0.3 is 6.09 Å². The van der Waals surface area contributed by atoms with Crippen LogP contribution in [-0.4, -0.2) is 47.6 Å². The maximum Gasteiger partial charge on any atom is 0.410 e. The molecule has 132 valence electrons. The Hall–Kier alpha value is -1.21. The van der Waals surface area contributed by atoms with Gasteiger partial charge in [0.25, 0.3) is 0 Å². The van der Waals surface area contributed by atoms with E-state index < -0.39 is 19.7 Å². The standard InChI is InChI=1S/C17H25BrN2O3Si/c1-17(2,3)23-16(22)20-11-24(4,5)10-13(20)14(21)9-12-7-6-8-15(18)19-12/h6-8,13H,9-11H2,1-5H3/t13-/m0/s1. The van der Waals surface area contributed by atoms with Crippen molar-refractivity contribution in [1.29, 1.82) is 0 Å². The number of nitrogens with zero attached hydrogens (tertiary/aromatic N) is 2. The summed E-state index contributed by atoms with van der Waals surface area (Å²) in [6.07, 6.45) is 0.499. The molecule has 1 aromatic rings. The SMILES string of the molecule is CC(C)(C)OC(=O)N1C[Si](C)(C)C[C@H]1C(=O)Cc1cccc(Br)n1. The predicted octanol–water partition coefficient (Wildman–Crippen LogP) is 3.82. The zero-order chi connectivity index (χ0) is 18.1. The van der Waals surface area contributed by atoms with Crippen molar-refractivity contribution in [2.24, 2.45) is 0 Å². The Bertz CT molecular complexity index is 643. The van der Waals surface area contributed by atoms with Crippen LogP contribution < -0.4 is 0 Å². The van der Waals surface area contributed by atoms with Crippen molar-refractivity contribution < 1.29 is 14.3 Å². The summed E-state index contributed by atoms with van der Waals surface area (Å²) in [5.41, 5.74) is 0.148. The van der Waals surface area contributed by atoms with Crippen LogP contribution in [-0.2, 0) is 16.0 Å². The maximum absolute atomic E-state index is 12.8. The molecule has 0 radical (unpaired) electrons. The Kier molecular flexibility index (Phi) is 5.54. The van der Waals surface area contributed by atoms with E-state index in [1.165, 1.54) is 0 Å². The Morgan fingerprint density at radius 3 is 2.62 bits per heavy atom. The number of carbonyl (C=O) groups is 2. The van der Waals surface area contributed by atoms with Crippen molar-refractivity contribution in [3.05, 3.63) is 28.5 Å². The molecular formula is C17H25BrN2O3Si. The van der Waals surface area contributed by atoms with Crippen LogP contribution in [0.25, 0.3) is 0 Å². The average Bonchev–Trinajstić information content (AvgIpc) is 2.73. The molecule has 0 aromatic carbocycles. The van der Waals surface area contributed by atoms with Gasteiger partial charge in [-0.05, 0) is 54.9 Å². The van der Waals surface area contributed by atoms with E-state index in [1.807, 2.05) is 39.0 Å². The molecule has 0 bridgehead atoms. The zero-order valence-electron chi connectivity index (χ0n) is 14.9. The van der Waals surface area contributed by atoms with Gasteiger partial charge in [-0.2, -0.15) is 0 Å². The van der Waals surface area contributed by atoms with Crippen molar-refractivity contribution in [2.75, 3.05) is 6.17 Å². The molecule has 1 saturated heterocycles. The van der Waals surface area contributed by atoms with Crippen molar-refractivity contribution in [3.63, 3.8) is 0 Å². The highest BCUT2D eigenvalue weighted by Crippen LogP contribution is 2.29. The molecule has 1 atom stereocenters. The summed E-state index contributed by atoms with van der Waals surface area (Å²) in [6, 6.07) is 5.89. The highest BCUT2D eigenvalue weighted by atomic mass is 79.9. The van der Waals surface area contributed by atoms with Crippen molar-refractivity contribution in [1.82, 2.24) is 9.88 Å². The Morgan fingerprint density at radius 1 is 1.38 bits per heavy atom. The average molecular weight is 413 g/mol. The minimum absolute atomic E-state index is 0.0320. The van der Waals surface area contributed by atoms with Crippen LogP contribution in [0.4, 0.5) is 4.79 Å². The number of Topliss-reactive ketones (excluding diaryl/α,β-unsaturated/α-hetero) is 1. The Balaban J connectivity index is 2.15. The number of hydrogen-bond donors (Lipinski definition) is 0. The number of rotatable bonds is 3. The lowest BCUT2D eigenvalue weighted by Gasteiger charge is -2.28. The lowest BCUT2D eigenvalue weighted by Crippen LogP contribution is -2.44. The molecule has 1 aromatic heterocycles. The van der Waals surface area contributed by atoms with Gasteiger partial charge in [0.15, 0.2) is 5.78 Å². The van der Waals surface area contributed by atoms with E-state index in [9.17, 15) is 9.59 Å². The van der Waals surface area contributed by atoms with Gasteiger partial charge in [-0.25, -0.2) is 9.78 Å². The summed E-state index contributed by atoms with van der Waals surface area (Å²) < 4.78 is 6.20. The summed E-state index contributed by atoms with van der Waals surface area (Å²) in [6.45, 7) is 9.92. The van der Waals surface area contributed by atoms with Crippen LogP contribution in [0.15, 0.2) is 22.8 Å². The van der Waals surface area contributed by atoms with E-state index in [0.717, 1.165) is 6.04 Å². The molecular weight excluding hydrogens is 388 g/mol. The minimum atomic E-state index is -1.62. The molecule has 7 heteroatoms. The first-order chi connectivity index (χ1) is 11.0. The van der Waals surface area contributed by atoms with E-state index in [4.69, 9.17) is 4.74 Å². The smallest absolute Gasteiger partial charge is 0.410 e. The molecule has 1 aliphatic rings. The van der Waals surface area contributed by atoms with Crippen LogP contribution in [0.1, 0.15) is 26.5 Å². The summed E-state index contributed by atoms with van der Waals surface area (Å²) in [4.78, 5) is 31.3. The van der Waals surface area contributed by atoms with E-state index in [2.05, 4.69) is 34.0 Å². The second-order valence-corrected chi connectivity index (χ2v) is 14.0. The molecule has 0 N–H and O–H groups in total. The van der Waals surface area contributed by atoms with E-state index in [0.29, 0.717) is 16.5 Å². The monoisotopic (exact) mass is 412 g/mol. The molecule has 24 heavy (non-hydrogen) atoms. The summed E-state index contributed by atoms with van der Waals surface area (Å²) >= 11 is 3.32. The topological polar surface area (TPSA) is 59.5 Å². The van der Waals surface area contributed by atoms with E-state index in [1.54, 1.807) is 4.90 Å². The number of carbonyl (C=O) groups excluding carboxylic acids is 2. The lowest BCUT2D eigenvalue weighted by atomic mass is 10.1. The molecule has 0 saturated carbocycles. The largest absolute Gasteiger partial charge is 0.444 e. The Labute approximate surface area is 152 Å². The van der Waals surface area contributed by atoms with Gasteiger partial charge in [-0.15, -0.1) is 0 Å². The van der Waals surface area contributed by atoms with E-state index >= 15 is 0 Å². The molecule has 0 spiro atoms. The van der Waals surface area contributed by atoms with Crippen LogP contribution >= 0.6 is 15.9 Å². The molecule has 0 aliphatic carbocycles. The third kappa shape index (κ3) is 5.14. The van der Waals surface area contributed by atoms with Crippen LogP contribution in [0.5, 0.6) is 0 Å². The summed E-state index contributed by atoms with van der Waals surface area (Å²) in [7, 11) is -1.62. The second-order valence-electron chi connectivity index (χ2n) is 8.09. The third-order valence-corrected chi connectivity index (χ3v) is 6.98. The van der Waals surface area contributed by atoms with Crippen molar-refractivity contribution >= 4 is 35.9 Å². The van der Waals surface area contributed by atoms with Gasteiger partial charge in [-0.3, -0.25) is 4.79 Å². The van der Waals surface area contributed by atoms with Gasteiger partial charge in [0.05, 0.1) is 20.5 Å². The predicted molar refractivity (Wildman–Crippen MR) is 99.7 cm³/mol. The number of ether oxygens (including phenoxy) is 1. The fourth-order valence-electron chi connectivity index (χ4n) is 2.91. The van der Waals surface area contributed by atoms with Crippen LogP contribution in [0.2, 0.25) is 19.1 Å². The quantitative estimate of drug-likeness (QED) is 0.558. The minimum Gasteiger partial charge on any atom is -0.444 e. The normalized spacial score (nSPS) is 20.1. The first kappa shape index (κ1) is 19.1. The molecule has 1 fully saturated rings. The van der Waals surface area contributed by atoms with E-state index in [-0.39, 0.29) is 18.3 Å². The van der Waals surface area contributed by atoms with Crippen molar-refractivity contribution in [2.45, 2.75) is 58.0 Å². The molecule has 5 nitrogen and oxygen atoms in total. The molecule has 2 rings (SSSR count). The molecule has 1 amide bonds. The van der Waals surface area contributed by atoms with Crippen LogP contribution in [0.3, 0.4) is 0 Å². The first-order valence-corrected chi connectivity index (χ1v) is 12.3. The zero-order valence-corrected chi connectivity index (χ0v) is 17.5. The lowest BCUT2D eigenvalue weighted by molar-refractivity contribution is -0.122. The van der Waals surface area contributed by atoms with Crippen molar-refractivity contribution in [3.8, 4) is 0 Å². The highest BCUT2D eigenvalue weighted by Gasteiger charge is 2.45. The number of ketones is 1. The molecule has 2 heterocycles. The second kappa shape index (κ2) is 6.96. The number of pyridine rings is 1. The fourth-order valence-corrected chi connectivity index (χ4v) is 6.19. The van der Waals surface area contributed by atoms with Gasteiger partial charge in [0.2, 0.25) is 0 Å².